The van der Waals surface area contributed by atoms with Crippen LogP contribution in [-0.4, -0.2) is 28.9 Å². The molecule has 0 spiro atoms. The number of pyridine rings is 1. The summed E-state index contributed by atoms with van der Waals surface area (Å²) >= 11 is 0. The lowest BCUT2D eigenvalue weighted by Crippen LogP contribution is -2.46. The molecule has 7 heteroatoms. The zero-order valence-electron chi connectivity index (χ0n) is 16.4. The van der Waals surface area contributed by atoms with Crippen LogP contribution in [0.3, 0.4) is 0 Å². The number of rotatable bonds is 5. The molecule has 0 bridgehead atoms. The van der Waals surface area contributed by atoms with E-state index in [-0.39, 0.29) is 0 Å². The molecular weight excluding hydrogens is 382 g/mol. The number of hydrogen-bond acceptors (Lipinski definition) is 5. The van der Waals surface area contributed by atoms with E-state index < -0.39 is 23.9 Å². The Balaban J connectivity index is 1.43. The van der Waals surface area contributed by atoms with Gasteiger partial charge >= 0.3 is 5.97 Å². The molecule has 1 aromatic heterocycles. The smallest absolute Gasteiger partial charge is 0.339 e. The minimum absolute atomic E-state index is 0.370. The van der Waals surface area contributed by atoms with Gasteiger partial charge in [-0.05, 0) is 44.0 Å². The van der Waals surface area contributed by atoms with Crippen LogP contribution in [0.5, 0.6) is 0 Å². The van der Waals surface area contributed by atoms with Gasteiger partial charge in [-0.3, -0.25) is 25.4 Å². The van der Waals surface area contributed by atoms with Gasteiger partial charge in [0.2, 0.25) is 0 Å². The number of esters is 1. The number of amides is 2. The highest BCUT2D eigenvalue weighted by atomic mass is 16.5. The third-order valence-electron chi connectivity index (χ3n) is 4.94. The van der Waals surface area contributed by atoms with Crippen molar-refractivity contribution >= 4 is 28.7 Å². The van der Waals surface area contributed by atoms with Gasteiger partial charge in [0.05, 0.1) is 11.1 Å². The third-order valence-corrected chi connectivity index (χ3v) is 4.94. The minimum atomic E-state index is -1.09. The van der Waals surface area contributed by atoms with E-state index in [1.807, 2.05) is 18.2 Å². The van der Waals surface area contributed by atoms with Crippen LogP contribution in [0.15, 0.2) is 60.7 Å². The van der Waals surface area contributed by atoms with E-state index in [1.54, 1.807) is 42.5 Å². The summed E-state index contributed by atoms with van der Waals surface area (Å²) in [6, 6.07) is 17.6. The van der Waals surface area contributed by atoms with Crippen LogP contribution in [0.4, 0.5) is 0 Å². The van der Waals surface area contributed by atoms with Gasteiger partial charge in [0, 0.05) is 22.6 Å². The summed E-state index contributed by atoms with van der Waals surface area (Å²) in [6.45, 7) is 1.45. The fourth-order valence-electron chi connectivity index (χ4n) is 3.11. The number of nitrogens with zero attached hydrogens (tertiary/aromatic N) is 1. The molecule has 0 unspecified atom stereocenters. The molecule has 4 rings (SSSR count). The first-order valence-electron chi connectivity index (χ1n) is 9.79. The molecule has 152 valence electrons. The number of carbonyl (C=O) groups is 3. The fraction of sp³-hybridized carbons (Fsp3) is 0.217. The number of hydrazine groups is 1. The highest BCUT2D eigenvalue weighted by Gasteiger charge is 2.28. The van der Waals surface area contributed by atoms with E-state index in [0.717, 1.165) is 24.1 Å². The molecule has 2 N–H and O–H groups in total. The van der Waals surface area contributed by atoms with Crippen molar-refractivity contribution < 1.29 is 19.1 Å². The van der Waals surface area contributed by atoms with Crippen molar-refractivity contribution in [2.45, 2.75) is 31.8 Å². The Morgan fingerprint density at radius 3 is 2.43 bits per heavy atom. The number of hydrogen-bond donors (Lipinski definition) is 2. The molecule has 7 nitrogen and oxygen atoms in total. The highest BCUT2D eigenvalue weighted by Crippen LogP contribution is 2.40. The molecule has 1 aliphatic rings. The summed E-state index contributed by atoms with van der Waals surface area (Å²) < 4.78 is 5.37. The molecule has 1 aliphatic carbocycles. The topological polar surface area (TPSA) is 97.4 Å². The summed E-state index contributed by atoms with van der Waals surface area (Å²) in [4.78, 5) is 41.8. The van der Waals surface area contributed by atoms with Gasteiger partial charge in [-0.2, -0.15) is 0 Å². The lowest BCUT2D eigenvalue weighted by atomic mass is 10.1. The van der Waals surface area contributed by atoms with Crippen molar-refractivity contribution in [3.05, 3.63) is 77.5 Å². The third kappa shape index (κ3) is 4.30. The fourth-order valence-corrected chi connectivity index (χ4v) is 3.11. The summed E-state index contributed by atoms with van der Waals surface area (Å²) in [7, 11) is 0. The molecule has 1 saturated carbocycles. The quantitative estimate of drug-likeness (QED) is 0.504. The van der Waals surface area contributed by atoms with E-state index in [9.17, 15) is 14.4 Å². The maximum absolute atomic E-state index is 12.8. The summed E-state index contributed by atoms with van der Waals surface area (Å²) in [5, 5.41) is 0.678. The number of ether oxygens (including phenoxy) is 1. The number of carbonyl (C=O) groups excluding carboxylic acids is 3. The maximum atomic E-state index is 12.8. The van der Waals surface area contributed by atoms with Crippen molar-refractivity contribution in [3.8, 4) is 0 Å². The molecule has 0 aliphatic heterocycles. The monoisotopic (exact) mass is 403 g/mol. The van der Waals surface area contributed by atoms with Gasteiger partial charge in [0.15, 0.2) is 6.10 Å². The van der Waals surface area contributed by atoms with Crippen LogP contribution < -0.4 is 10.9 Å². The summed E-state index contributed by atoms with van der Waals surface area (Å²) in [6.07, 6.45) is 1.02. The van der Waals surface area contributed by atoms with Crippen molar-refractivity contribution in [1.29, 1.82) is 0 Å². The molecule has 1 fully saturated rings. The van der Waals surface area contributed by atoms with E-state index in [1.165, 1.54) is 6.92 Å². The first kappa shape index (κ1) is 19.6. The predicted molar refractivity (Wildman–Crippen MR) is 111 cm³/mol. The van der Waals surface area contributed by atoms with Gasteiger partial charge < -0.3 is 4.74 Å². The molecule has 30 heavy (non-hydrogen) atoms. The average molecular weight is 403 g/mol. The number of benzene rings is 2. The van der Waals surface area contributed by atoms with Crippen LogP contribution in [0.2, 0.25) is 0 Å². The zero-order valence-corrected chi connectivity index (χ0v) is 16.4. The van der Waals surface area contributed by atoms with E-state index in [0.29, 0.717) is 22.4 Å². The van der Waals surface area contributed by atoms with E-state index in [4.69, 9.17) is 4.74 Å². The number of aromatic nitrogens is 1. The van der Waals surface area contributed by atoms with Crippen molar-refractivity contribution in [2.75, 3.05) is 0 Å². The second-order valence-corrected chi connectivity index (χ2v) is 7.24. The molecule has 3 aromatic rings. The standard InChI is InChI=1S/C23H21N3O4/c1-14(21(27)25-26-22(28)16-7-3-2-4-8-16)30-23(29)18-13-20(15-11-12-15)24-19-10-6-5-9-17(18)19/h2-10,13-15H,11-12H2,1H3,(H,25,27)(H,26,28)/t14-/m1/s1. The Morgan fingerprint density at radius 1 is 1.00 bits per heavy atom. The van der Waals surface area contributed by atoms with Crippen LogP contribution >= 0.6 is 0 Å². The van der Waals surface area contributed by atoms with Crippen molar-refractivity contribution in [1.82, 2.24) is 15.8 Å². The predicted octanol–water partition coefficient (Wildman–Crippen LogP) is 3.12. The largest absolute Gasteiger partial charge is 0.449 e. The van der Waals surface area contributed by atoms with E-state index >= 15 is 0 Å². The van der Waals surface area contributed by atoms with Crippen molar-refractivity contribution in [3.63, 3.8) is 0 Å². The number of fused-ring (bicyclic) bond motifs is 1. The van der Waals surface area contributed by atoms with Crippen molar-refractivity contribution in [2.24, 2.45) is 0 Å². The second-order valence-electron chi connectivity index (χ2n) is 7.24. The number of para-hydroxylation sites is 1. The molecule has 0 saturated heterocycles. The Bertz CT molecular complexity index is 1110. The highest BCUT2D eigenvalue weighted by molar-refractivity contribution is 6.04. The molecule has 1 heterocycles. The Morgan fingerprint density at radius 2 is 1.70 bits per heavy atom. The Kier molecular flexibility index (Phi) is 5.43. The summed E-state index contributed by atoms with van der Waals surface area (Å²) in [5.74, 6) is -1.33. The van der Waals surface area contributed by atoms with Crippen LogP contribution in [0, 0.1) is 0 Å². The first-order chi connectivity index (χ1) is 14.5. The Hall–Kier alpha value is -3.74. The van der Waals surface area contributed by atoms with E-state index in [2.05, 4.69) is 15.8 Å². The molecular formula is C23H21N3O4. The van der Waals surface area contributed by atoms with Gasteiger partial charge in [0.25, 0.3) is 11.8 Å². The average Bonchev–Trinajstić information content (AvgIpc) is 3.62. The van der Waals surface area contributed by atoms with Gasteiger partial charge in [-0.15, -0.1) is 0 Å². The molecule has 0 radical (unpaired) electrons. The van der Waals surface area contributed by atoms with Gasteiger partial charge in [0.1, 0.15) is 0 Å². The van der Waals surface area contributed by atoms with Crippen LogP contribution in [-0.2, 0) is 9.53 Å². The first-order valence-corrected chi connectivity index (χ1v) is 9.79. The Labute approximate surface area is 173 Å². The zero-order chi connectivity index (χ0) is 21.1. The second kappa shape index (κ2) is 8.32. The lowest BCUT2D eigenvalue weighted by Gasteiger charge is -2.15. The summed E-state index contributed by atoms with van der Waals surface area (Å²) in [5.41, 5.74) is 6.98. The molecule has 2 amide bonds. The van der Waals surface area contributed by atoms with Gasteiger partial charge in [-0.1, -0.05) is 36.4 Å². The van der Waals surface area contributed by atoms with Crippen LogP contribution in [0.1, 0.15) is 52.1 Å². The van der Waals surface area contributed by atoms with Gasteiger partial charge in [-0.25, -0.2) is 4.79 Å². The SMILES string of the molecule is C[C@@H](OC(=O)c1cc(C2CC2)nc2ccccc12)C(=O)NNC(=O)c1ccccc1. The molecule has 1 atom stereocenters. The van der Waals surface area contributed by atoms with Crippen LogP contribution in [0.25, 0.3) is 10.9 Å². The minimum Gasteiger partial charge on any atom is -0.449 e. The maximum Gasteiger partial charge on any atom is 0.339 e. The lowest BCUT2D eigenvalue weighted by molar-refractivity contribution is -0.129. The normalized spacial score (nSPS) is 14.0. The number of nitrogens with one attached hydrogen (secondary N) is 2. The molecule has 2 aromatic carbocycles.